The molecule has 1 fully saturated rings. The first-order valence-electron chi connectivity index (χ1n) is 11.9. The van der Waals surface area contributed by atoms with Crippen LogP contribution in [0.2, 0.25) is 0 Å². The van der Waals surface area contributed by atoms with E-state index in [9.17, 15) is 19.5 Å². The van der Waals surface area contributed by atoms with Crippen LogP contribution in [0.5, 0.6) is 0 Å². The van der Waals surface area contributed by atoms with Crippen molar-refractivity contribution in [1.82, 2.24) is 10.3 Å². The van der Waals surface area contributed by atoms with Crippen LogP contribution in [-0.2, 0) is 20.7 Å². The minimum absolute atomic E-state index is 0.0942. The van der Waals surface area contributed by atoms with Crippen LogP contribution in [0.3, 0.4) is 0 Å². The Morgan fingerprint density at radius 2 is 1.76 bits per heavy atom. The molecule has 192 valence electrons. The number of nitrogens with one attached hydrogen (secondary N) is 2. The van der Waals surface area contributed by atoms with Crippen molar-refractivity contribution >= 4 is 36.2 Å². The van der Waals surface area contributed by atoms with Crippen molar-refractivity contribution in [3.8, 4) is 0 Å². The number of carboxylic acid groups (broad SMARTS) is 1. The van der Waals surface area contributed by atoms with E-state index in [4.69, 9.17) is 14.0 Å². The maximum Gasteiger partial charge on any atom is 0.492 e. The maximum atomic E-state index is 12.5. The lowest BCUT2D eigenvalue weighted by molar-refractivity contribution is 0.00578. The molecule has 0 saturated carbocycles. The molecular formula is C27H29BN2O7. The molecule has 2 heterocycles. The number of benzene rings is 2. The summed E-state index contributed by atoms with van der Waals surface area (Å²) in [5.74, 6) is -1.29. The predicted octanol–water partition coefficient (Wildman–Crippen LogP) is 4.17. The average molecular weight is 504 g/mol. The normalized spacial score (nSPS) is 16.5. The molecule has 1 amide bonds. The van der Waals surface area contributed by atoms with E-state index in [0.717, 1.165) is 5.56 Å². The molecule has 3 N–H and O–H groups in total. The first kappa shape index (κ1) is 26.2. The summed E-state index contributed by atoms with van der Waals surface area (Å²) >= 11 is 0. The second-order valence-corrected chi connectivity index (χ2v) is 9.86. The van der Waals surface area contributed by atoms with Crippen LogP contribution in [0.4, 0.5) is 4.79 Å². The highest BCUT2D eigenvalue weighted by molar-refractivity contribution is 6.56. The number of rotatable bonds is 7. The fourth-order valence-electron chi connectivity index (χ4n) is 3.85. The summed E-state index contributed by atoms with van der Waals surface area (Å²) in [4.78, 5) is 39.0. The van der Waals surface area contributed by atoms with E-state index in [2.05, 4.69) is 10.3 Å². The maximum absolute atomic E-state index is 12.5. The van der Waals surface area contributed by atoms with Crippen LogP contribution >= 0.6 is 0 Å². The van der Waals surface area contributed by atoms with Gasteiger partial charge in [-0.2, -0.15) is 0 Å². The second kappa shape index (κ2) is 10.2. The Morgan fingerprint density at radius 1 is 1.08 bits per heavy atom. The number of aromatic carboxylic acids is 1. The zero-order valence-electron chi connectivity index (χ0n) is 21.2. The molecule has 0 atom stereocenters. The van der Waals surface area contributed by atoms with Crippen molar-refractivity contribution in [2.75, 3.05) is 6.54 Å². The summed E-state index contributed by atoms with van der Waals surface area (Å²) in [7, 11) is -0.733. The van der Waals surface area contributed by atoms with Crippen molar-refractivity contribution < 1.29 is 28.7 Å². The quantitative estimate of drug-likeness (QED) is 0.412. The summed E-state index contributed by atoms with van der Waals surface area (Å²) in [6, 6.07) is 14.3. The molecule has 2 aromatic carbocycles. The number of alkyl carbamates (subject to hydrolysis) is 1. The zero-order chi connectivity index (χ0) is 26.8. The Morgan fingerprint density at radius 3 is 2.41 bits per heavy atom. The van der Waals surface area contributed by atoms with Crippen molar-refractivity contribution in [2.24, 2.45) is 0 Å². The van der Waals surface area contributed by atoms with E-state index >= 15 is 0 Å². The van der Waals surface area contributed by atoms with Gasteiger partial charge < -0.3 is 29.5 Å². The van der Waals surface area contributed by atoms with Gasteiger partial charge in [-0.15, -0.1) is 0 Å². The predicted molar refractivity (Wildman–Crippen MR) is 140 cm³/mol. The van der Waals surface area contributed by atoms with Crippen molar-refractivity contribution in [3.05, 3.63) is 87.1 Å². The number of carboxylic acids is 1. The van der Waals surface area contributed by atoms with Crippen LogP contribution in [0.25, 0.3) is 17.0 Å². The van der Waals surface area contributed by atoms with Gasteiger partial charge in [-0.25, -0.2) is 9.59 Å². The van der Waals surface area contributed by atoms with Gasteiger partial charge in [-0.05, 0) is 56.4 Å². The third kappa shape index (κ3) is 5.76. The standard InChI is InChI=1S/C27H29BN2O7/c1-26(2)27(3,4)37-28(36-26)19(14-30-25(34)35-16-17-8-6-5-7-9-17)12-18-10-11-20-22(13-18)29-15-21(23(20)31)24(32)33/h5-13,15H,14,16H2,1-4H3,(H,29,31)(H,30,34)(H,32,33). The number of amides is 1. The molecule has 10 heteroatoms. The van der Waals surface area contributed by atoms with Gasteiger partial charge in [0.05, 0.1) is 11.2 Å². The number of ether oxygens (including phenoxy) is 1. The summed E-state index contributed by atoms with van der Waals surface area (Å²) < 4.78 is 17.7. The van der Waals surface area contributed by atoms with E-state index < -0.39 is 35.8 Å². The third-order valence-electron chi connectivity index (χ3n) is 6.69. The summed E-state index contributed by atoms with van der Waals surface area (Å²) in [6.45, 7) is 7.98. The number of carbonyl (C=O) groups excluding carboxylic acids is 1. The number of fused-ring (bicyclic) bond motifs is 1. The number of pyridine rings is 1. The number of aromatic nitrogens is 1. The molecule has 1 aromatic heterocycles. The molecule has 1 aliphatic heterocycles. The van der Waals surface area contributed by atoms with E-state index in [1.165, 1.54) is 6.20 Å². The summed E-state index contributed by atoms with van der Waals surface area (Å²) in [5.41, 5.74) is 0.619. The molecule has 4 rings (SSSR count). The Balaban J connectivity index is 1.58. The lowest BCUT2D eigenvalue weighted by atomic mass is 9.77. The zero-order valence-corrected chi connectivity index (χ0v) is 21.2. The van der Waals surface area contributed by atoms with Crippen LogP contribution in [0, 0.1) is 0 Å². The van der Waals surface area contributed by atoms with Gasteiger partial charge in [0.1, 0.15) is 12.2 Å². The first-order valence-corrected chi connectivity index (χ1v) is 11.9. The minimum Gasteiger partial charge on any atom is -0.477 e. The average Bonchev–Trinajstić information content (AvgIpc) is 3.07. The number of carbonyl (C=O) groups is 2. The fourth-order valence-corrected chi connectivity index (χ4v) is 3.85. The molecule has 3 aromatic rings. The van der Waals surface area contributed by atoms with E-state index in [-0.39, 0.29) is 24.1 Å². The monoisotopic (exact) mass is 504 g/mol. The largest absolute Gasteiger partial charge is 0.492 e. The van der Waals surface area contributed by atoms with E-state index in [1.54, 1.807) is 18.2 Å². The second-order valence-electron chi connectivity index (χ2n) is 9.86. The molecule has 0 spiro atoms. The molecule has 1 saturated heterocycles. The van der Waals surface area contributed by atoms with Gasteiger partial charge in [-0.1, -0.05) is 42.5 Å². The van der Waals surface area contributed by atoms with Gasteiger partial charge >= 0.3 is 19.2 Å². The lowest BCUT2D eigenvalue weighted by Gasteiger charge is -2.32. The summed E-state index contributed by atoms with van der Waals surface area (Å²) in [6.07, 6.45) is 2.40. The molecule has 9 nitrogen and oxygen atoms in total. The highest BCUT2D eigenvalue weighted by Crippen LogP contribution is 2.38. The molecule has 1 aliphatic rings. The summed E-state index contributed by atoms with van der Waals surface area (Å²) in [5, 5.41) is 12.2. The fraction of sp³-hybridized carbons (Fsp3) is 0.296. The topological polar surface area (TPSA) is 127 Å². The van der Waals surface area contributed by atoms with Gasteiger partial charge in [-0.3, -0.25) is 4.79 Å². The van der Waals surface area contributed by atoms with Gasteiger partial charge in [0.25, 0.3) is 0 Å². The number of H-pyrrole nitrogens is 1. The molecule has 0 aliphatic carbocycles. The first-order chi connectivity index (χ1) is 17.5. The Kier molecular flexibility index (Phi) is 7.24. The van der Waals surface area contributed by atoms with Crippen molar-refractivity contribution in [2.45, 2.75) is 45.5 Å². The smallest absolute Gasteiger partial charge is 0.477 e. The van der Waals surface area contributed by atoms with Gasteiger partial charge in [0.15, 0.2) is 0 Å². The minimum atomic E-state index is -1.29. The van der Waals surface area contributed by atoms with Gasteiger partial charge in [0.2, 0.25) is 5.43 Å². The Bertz CT molecular complexity index is 1400. The number of hydrogen-bond acceptors (Lipinski definition) is 6. The van der Waals surface area contributed by atoms with Gasteiger partial charge in [0, 0.05) is 23.6 Å². The molecule has 0 unspecified atom stereocenters. The molecule has 37 heavy (non-hydrogen) atoms. The van der Waals surface area contributed by atoms with E-state index in [1.807, 2.05) is 64.1 Å². The number of aromatic amines is 1. The highest BCUT2D eigenvalue weighted by Gasteiger charge is 2.52. The Hall–Kier alpha value is -3.89. The number of hydrogen-bond donors (Lipinski definition) is 3. The highest BCUT2D eigenvalue weighted by atomic mass is 16.7. The van der Waals surface area contributed by atoms with Crippen LogP contribution in [0.1, 0.15) is 49.2 Å². The van der Waals surface area contributed by atoms with E-state index in [0.29, 0.717) is 16.6 Å². The molecular weight excluding hydrogens is 475 g/mol. The van der Waals surface area contributed by atoms with Crippen LogP contribution < -0.4 is 10.7 Å². The lowest BCUT2D eigenvalue weighted by Crippen LogP contribution is -2.41. The SMILES string of the molecule is CC1(C)OB(C(=Cc2ccc3c(=O)c(C(=O)O)c[nH]c3c2)CNC(=O)OCc2ccccc2)OC1(C)C. The molecule has 0 radical (unpaired) electrons. The molecule has 0 bridgehead atoms. The Labute approximate surface area is 214 Å². The van der Waals surface area contributed by atoms with Crippen molar-refractivity contribution in [1.29, 1.82) is 0 Å². The van der Waals surface area contributed by atoms with Crippen LogP contribution in [0.15, 0.2) is 65.0 Å². The third-order valence-corrected chi connectivity index (χ3v) is 6.69. The van der Waals surface area contributed by atoms with Crippen LogP contribution in [-0.4, -0.2) is 47.0 Å². The van der Waals surface area contributed by atoms with Crippen molar-refractivity contribution in [3.63, 3.8) is 0 Å².